The Morgan fingerprint density at radius 1 is 0.909 bits per heavy atom. The fourth-order valence-corrected chi connectivity index (χ4v) is 4.57. The summed E-state index contributed by atoms with van der Waals surface area (Å²) in [6.07, 6.45) is -1.68. The Labute approximate surface area is 250 Å². The van der Waals surface area contributed by atoms with E-state index in [1.807, 2.05) is 4.72 Å². The summed E-state index contributed by atoms with van der Waals surface area (Å²) < 4.78 is 74.9. The summed E-state index contributed by atoms with van der Waals surface area (Å²) in [5.74, 6) is -1.21. The Morgan fingerprint density at radius 2 is 1.64 bits per heavy atom. The first-order chi connectivity index (χ1) is 20.9. The van der Waals surface area contributed by atoms with Gasteiger partial charge >= 0.3 is 12.2 Å². The van der Waals surface area contributed by atoms with E-state index in [4.69, 9.17) is 9.47 Å². The Hall–Kier alpha value is -4.93. The summed E-state index contributed by atoms with van der Waals surface area (Å²) in [4.78, 5) is 36.6. The molecule has 6 rings (SSSR count). The smallest absolute Gasteiger partial charge is 0.422 e. The number of rotatable bonds is 2. The molecule has 0 radical (unpaired) electrons. The minimum absolute atomic E-state index is 0.0542. The number of carbonyl (C=O) groups is 2. The van der Waals surface area contributed by atoms with Crippen LogP contribution in [0.5, 0.6) is 11.8 Å². The summed E-state index contributed by atoms with van der Waals surface area (Å²) in [7, 11) is -3.89. The highest BCUT2D eigenvalue weighted by molar-refractivity contribution is 7.90. The van der Waals surface area contributed by atoms with E-state index in [1.165, 1.54) is 36.4 Å². The third kappa shape index (κ3) is 10.7. The second kappa shape index (κ2) is 14.5. The molecule has 0 saturated carbocycles. The van der Waals surface area contributed by atoms with Crippen molar-refractivity contribution in [1.82, 2.24) is 25.0 Å². The zero-order valence-electron chi connectivity index (χ0n) is 23.1. The molecule has 3 aromatic rings. The fraction of sp³-hybridized carbons (Fsp3) is 0.296. The third-order valence-electron chi connectivity index (χ3n) is 5.72. The van der Waals surface area contributed by atoms with Crippen LogP contribution in [-0.4, -0.2) is 66.9 Å². The van der Waals surface area contributed by atoms with Gasteiger partial charge in [-0.05, 0) is 48.4 Å². The molecule has 0 fully saturated rings. The molecule has 3 aliphatic rings. The Kier molecular flexibility index (Phi) is 10.5. The van der Waals surface area contributed by atoms with Crippen molar-refractivity contribution in [2.45, 2.75) is 25.6 Å². The third-order valence-corrected chi connectivity index (χ3v) is 6.89. The number of alkyl halides is 3. The molecular weight excluding hydrogens is 607 g/mol. The Morgan fingerprint density at radius 3 is 2.36 bits per heavy atom. The summed E-state index contributed by atoms with van der Waals surface area (Å²) in [5, 5.41) is 8.41. The predicted octanol–water partition coefficient (Wildman–Crippen LogP) is 3.07. The van der Waals surface area contributed by atoms with E-state index in [9.17, 15) is 31.2 Å². The lowest BCUT2D eigenvalue weighted by atomic mass is 10.2. The second-order valence-corrected chi connectivity index (χ2v) is 11.1. The molecule has 13 nitrogen and oxygen atoms in total. The number of anilines is 3. The first-order valence-electron chi connectivity index (χ1n) is 13.2. The molecule has 0 saturated heterocycles. The van der Waals surface area contributed by atoms with Gasteiger partial charge < -0.3 is 25.4 Å². The summed E-state index contributed by atoms with van der Waals surface area (Å²) in [6, 6.07) is 12.3. The number of aromatic nitrogens is 3. The van der Waals surface area contributed by atoms with Crippen molar-refractivity contribution in [2.24, 2.45) is 0 Å². The predicted molar refractivity (Wildman–Crippen MR) is 153 cm³/mol. The summed E-state index contributed by atoms with van der Waals surface area (Å²) >= 11 is 0. The largest absolute Gasteiger partial charge is 0.490 e. The van der Waals surface area contributed by atoms with Crippen molar-refractivity contribution in [1.29, 1.82) is 0 Å². The minimum Gasteiger partial charge on any atom is -0.490 e. The molecule has 0 unspecified atom stereocenters. The highest BCUT2D eigenvalue weighted by atomic mass is 32.2. The average Bonchev–Trinajstić information content (AvgIpc) is 2.97. The minimum atomic E-state index is -4.61. The van der Waals surface area contributed by atoms with Gasteiger partial charge in [-0.15, -0.1) is 0 Å². The number of nitrogens with zero attached hydrogens (tertiary/aromatic N) is 3. The number of carbonyl (C=O) groups excluding carboxylic acids is 2. The number of ether oxygens (including phenoxy) is 2. The maximum Gasteiger partial charge on any atom is 0.422 e. The molecule has 0 spiro atoms. The molecule has 17 heteroatoms. The van der Waals surface area contributed by atoms with Crippen LogP contribution in [0.15, 0.2) is 60.7 Å². The number of sulfonamides is 1. The number of nitrogens with one attached hydrogen (secondary N) is 4. The number of fused-ring (bicyclic) bond motifs is 2. The van der Waals surface area contributed by atoms with Gasteiger partial charge in [-0.3, -0.25) is 14.3 Å². The van der Waals surface area contributed by atoms with E-state index in [-0.39, 0.29) is 50.0 Å². The number of halogens is 3. The number of amides is 2. The number of benzene rings is 2. The Balaban J connectivity index is 1.53. The molecule has 234 valence electrons. The van der Waals surface area contributed by atoms with E-state index in [0.717, 1.165) is 5.56 Å². The molecule has 2 amide bonds. The standard InChI is InChI=1S/C27H28F3N7O6S/c28-27(29,30)17-43-26-35-24-32-16-18-5-11-21(12-6-18)42-14-1-2-15-44(40,41)37-22(38)4-3-13-31-23(39)19-7-9-20(10-8-19)33-25(34-24)36-26/h1-2,5-12H,3-4,13-17H2,(H,31,39)(H,37,38)(H2,32,33,34,35,36). The van der Waals surface area contributed by atoms with Crippen LogP contribution in [-0.2, 0) is 21.4 Å². The average molecular weight is 636 g/mol. The monoisotopic (exact) mass is 635 g/mol. The first kappa shape index (κ1) is 32.0. The number of hydrogen-bond donors (Lipinski definition) is 4. The fourth-order valence-electron chi connectivity index (χ4n) is 3.65. The van der Waals surface area contributed by atoms with Crippen LogP contribution >= 0.6 is 0 Å². The van der Waals surface area contributed by atoms with Gasteiger partial charge in [0.25, 0.3) is 5.91 Å². The van der Waals surface area contributed by atoms with Crippen molar-refractivity contribution in [3.8, 4) is 11.8 Å². The SMILES string of the molecule is O=C1CCCNC(=O)c2ccc(cc2)Nc2nc(nc(OCC(F)(F)F)n2)NCc2ccc(cc2)OCC=CCS(=O)(=O)N1. The zero-order valence-corrected chi connectivity index (χ0v) is 23.9. The molecule has 0 atom stereocenters. The first-order valence-corrected chi connectivity index (χ1v) is 14.8. The molecule has 4 N–H and O–H groups in total. The van der Waals surface area contributed by atoms with Gasteiger partial charge in [0.05, 0.1) is 5.75 Å². The molecule has 0 aliphatic carbocycles. The van der Waals surface area contributed by atoms with Gasteiger partial charge in [0.15, 0.2) is 6.61 Å². The van der Waals surface area contributed by atoms with Crippen LogP contribution in [0.2, 0.25) is 0 Å². The van der Waals surface area contributed by atoms with Crippen molar-refractivity contribution < 1.29 is 40.7 Å². The van der Waals surface area contributed by atoms with Gasteiger partial charge in [-0.25, -0.2) is 8.42 Å². The van der Waals surface area contributed by atoms with Gasteiger partial charge in [-0.2, -0.15) is 28.1 Å². The Bertz CT molecular complexity index is 1580. The molecular formula is C27H28F3N7O6S. The van der Waals surface area contributed by atoms with E-state index in [0.29, 0.717) is 11.4 Å². The highest BCUT2D eigenvalue weighted by Crippen LogP contribution is 2.21. The van der Waals surface area contributed by atoms with Crippen LogP contribution in [0.4, 0.5) is 30.8 Å². The van der Waals surface area contributed by atoms with E-state index < -0.39 is 46.4 Å². The van der Waals surface area contributed by atoms with Gasteiger partial charge in [0, 0.05) is 30.8 Å². The van der Waals surface area contributed by atoms with Crippen LogP contribution < -0.4 is 30.1 Å². The zero-order chi connectivity index (χ0) is 31.6. The molecule has 44 heavy (non-hydrogen) atoms. The summed E-state index contributed by atoms with van der Waals surface area (Å²) in [5.41, 5.74) is 1.46. The van der Waals surface area contributed by atoms with Crippen molar-refractivity contribution in [2.75, 3.05) is 36.1 Å². The van der Waals surface area contributed by atoms with Crippen LogP contribution in [0.25, 0.3) is 0 Å². The lowest BCUT2D eigenvalue weighted by Crippen LogP contribution is -2.33. The molecule has 6 bridgehead atoms. The number of hydrogen-bond acceptors (Lipinski definition) is 11. The van der Waals surface area contributed by atoms with E-state index in [2.05, 4.69) is 30.9 Å². The van der Waals surface area contributed by atoms with Gasteiger partial charge in [0.1, 0.15) is 12.4 Å². The molecule has 1 aromatic heterocycles. The van der Waals surface area contributed by atoms with Crippen molar-refractivity contribution in [3.05, 3.63) is 71.8 Å². The lowest BCUT2D eigenvalue weighted by Gasteiger charge is -2.12. The quantitative estimate of drug-likeness (QED) is 0.305. The maximum atomic E-state index is 12.8. The molecule has 2 aromatic carbocycles. The van der Waals surface area contributed by atoms with Crippen LogP contribution in [0.3, 0.4) is 0 Å². The lowest BCUT2D eigenvalue weighted by molar-refractivity contribution is -0.154. The maximum absolute atomic E-state index is 12.8. The topological polar surface area (TPSA) is 174 Å². The van der Waals surface area contributed by atoms with Crippen molar-refractivity contribution in [3.63, 3.8) is 0 Å². The van der Waals surface area contributed by atoms with E-state index in [1.54, 1.807) is 24.3 Å². The van der Waals surface area contributed by atoms with Crippen molar-refractivity contribution >= 4 is 39.4 Å². The van der Waals surface area contributed by atoms with Crippen LogP contribution in [0, 0.1) is 0 Å². The van der Waals surface area contributed by atoms with Gasteiger partial charge in [0.2, 0.25) is 27.8 Å². The van der Waals surface area contributed by atoms with Gasteiger partial charge in [-0.1, -0.05) is 24.3 Å². The normalized spacial score (nSPS) is 16.4. The van der Waals surface area contributed by atoms with Crippen LogP contribution in [0.1, 0.15) is 28.8 Å². The van der Waals surface area contributed by atoms with E-state index >= 15 is 0 Å². The second-order valence-electron chi connectivity index (χ2n) is 9.32. The summed E-state index contributed by atoms with van der Waals surface area (Å²) in [6.45, 7) is -1.22. The highest BCUT2D eigenvalue weighted by Gasteiger charge is 2.29. The molecule has 3 aliphatic heterocycles. The molecule has 4 heterocycles.